The molecule has 1 aliphatic rings. The molecule has 0 unspecified atom stereocenters. The molecule has 1 saturated heterocycles. The van der Waals surface area contributed by atoms with Gasteiger partial charge in [-0.05, 0) is 36.8 Å². The molecular formula is C21H29IN4O3. The number of aromatic hydroxyl groups is 2. The van der Waals surface area contributed by atoms with Crippen LogP contribution in [0, 0.1) is 0 Å². The lowest BCUT2D eigenvalue weighted by Crippen LogP contribution is -2.52. The van der Waals surface area contributed by atoms with Crippen LogP contribution in [0.4, 0.5) is 5.69 Å². The van der Waals surface area contributed by atoms with E-state index in [1.165, 1.54) is 7.11 Å². The zero-order chi connectivity index (χ0) is 19.9. The summed E-state index contributed by atoms with van der Waals surface area (Å²) < 4.78 is 5.09. The van der Waals surface area contributed by atoms with Crippen molar-refractivity contribution in [3.8, 4) is 17.2 Å². The Bertz CT molecular complexity index is 823. The summed E-state index contributed by atoms with van der Waals surface area (Å²) in [5.41, 5.74) is 1.79. The van der Waals surface area contributed by atoms with E-state index in [0.29, 0.717) is 18.0 Å². The van der Waals surface area contributed by atoms with Gasteiger partial charge >= 0.3 is 0 Å². The molecule has 29 heavy (non-hydrogen) atoms. The van der Waals surface area contributed by atoms with Gasteiger partial charge in [0.1, 0.15) is 5.75 Å². The Labute approximate surface area is 189 Å². The highest BCUT2D eigenvalue weighted by Gasteiger charge is 2.21. The maximum atomic E-state index is 10.1. The van der Waals surface area contributed by atoms with Crippen molar-refractivity contribution >= 4 is 35.6 Å². The number of methoxy groups -OCH3 is 1. The summed E-state index contributed by atoms with van der Waals surface area (Å²) in [5, 5.41) is 23.4. The Kier molecular flexibility index (Phi) is 8.69. The first-order chi connectivity index (χ1) is 13.6. The van der Waals surface area contributed by atoms with Crippen molar-refractivity contribution in [2.45, 2.75) is 13.5 Å². The predicted octanol–water partition coefficient (Wildman–Crippen LogP) is 3.01. The van der Waals surface area contributed by atoms with Crippen molar-refractivity contribution in [1.29, 1.82) is 0 Å². The summed E-state index contributed by atoms with van der Waals surface area (Å²) in [6.07, 6.45) is 0. The van der Waals surface area contributed by atoms with Crippen LogP contribution in [0.3, 0.4) is 0 Å². The lowest BCUT2D eigenvalue weighted by atomic mass is 10.2. The van der Waals surface area contributed by atoms with Crippen molar-refractivity contribution in [2.75, 3.05) is 44.7 Å². The van der Waals surface area contributed by atoms with Gasteiger partial charge in [-0.2, -0.15) is 0 Å². The van der Waals surface area contributed by atoms with E-state index in [2.05, 4.69) is 15.1 Å². The van der Waals surface area contributed by atoms with Gasteiger partial charge in [-0.25, -0.2) is 4.99 Å². The zero-order valence-corrected chi connectivity index (χ0v) is 19.2. The molecule has 1 heterocycles. The van der Waals surface area contributed by atoms with Crippen LogP contribution in [0.2, 0.25) is 0 Å². The summed E-state index contributed by atoms with van der Waals surface area (Å²) >= 11 is 0. The van der Waals surface area contributed by atoms with Crippen LogP contribution < -0.4 is 15.0 Å². The smallest absolute Gasteiger partial charge is 0.194 e. The minimum atomic E-state index is 0. The van der Waals surface area contributed by atoms with Gasteiger partial charge in [-0.3, -0.25) is 0 Å². The van der Waals surface area contributed by atoms with Gasteiger partial charge in [0, 0.05) is 32.7 Å². The monoisotopic (exact) mass is 512 g/mol. The molecule has 3 N–H and O–H groups in total. The highest BCUT2D eigenvalue weighted by molar-refractivity contribution is 14.0. The standard InChI is InChI=1S/C21H28N4O3.HI/c1-3-22-21(23-15-16-8-9-20(28-2)19(27)14-16)25-12-10-24(11-13-25)17-6-4-5-7-18(17)26;/h4-9,14,26-27H,3,10-13,15H2,1-2H3,(H,22,23);1H. The molecule has 0 atom stereocenters. The molecule has 0 aliphatic carbocycles. The molecule has 1 fully saturated rings. The van der Waals surface area contributed by atoms with Gasteiger partial charge in [0.05, 0.1) is 19.3 Å². The molecule has 0 radical (unpaired) electrons. The fourth-order valence-electron chi connectivity index (χ4n) is 3.32. The largest absolute Gasteiger partial charge is 0.506 e. The van der Waals surface area contributed by atoms with E-state index < -0.39 is 0 Å². The van der Waals surface area contributed by atoms with Crippen LogP contribution in [0.25, 0.3) is 0 Å². The SMILES string of the molecule is CCNC(=NCc1ccc(OC)c(O)c1)N1CCN(c2ccccc2O)CC1.I. The van der Waals surface area contributed by atoms with Gasteiger partial charge in [0.25, 0.3) is 0 Å². The molecule has 0 aromatic heterocycles. The summed E-state index contributed by atoms with van der Waals surface area (Å²) in [7, 11) is 1.53. The van der Waals surface area contributed by atoms with E-state index in [1.54, 1.807) is 18.2 Å². The number of anilines is 1. The molecule has 158 valence electrons. The number of guanidine groups is 1. The van der Waals surface area contributed by atoms with Crippen molar-refractivity contribution in [1.82, 2.24) is 10.2 Å². The number of phenolic OH excluding ortho intramolecular Hbond substituents is 2. The first-order valence-electron chi connectivity index (χ1n) is 9.54. The van der Waals surface area contributed by atoms with Crippen molar-refractivity contribution in [3.63, 3.8) is 0 Å². The second kappa shape index (κ2) is 11.0. The Balaban J connectivity index is 0.00000300. The van der Waals surface area contributed by atoms with E-state index in [-0.39, 0.29) is 29.7 Å². The molecule has 0 bridgehead atoms. The number of halogens is 1. The molecule has 0 spiro atoms. The lowest BCUT2D eigenvalue weighted by molar-refractivity contribution is 0.369. The third-order valence-corrected chi connectivity index (χ3v) is 4.79. The van der Waals surface area contributed by atoms with Crippen molar-refractivity contribution in [2.24, 2.45) is 4.99 Å². The van der Waals surface area contributed by atoms with Crippen LogP contribution in [0.5, 0.6) is 17.2 Å². The highest BCUT2D eigenvalue weighted by atomic mass is 127. The average molecular weight is 512 g/mol. The third-order valence-electron chi connectivity index (χ3n) is 4.79. The third kappa shape index (κ3) is 5.81. The fraction of sp³-hybridized carbons (Fsp3) is 0.381. The van der Waals surface area contributed by atoms with Crippen LogP contribution in [-0.4, -0.2) is 60.9 Å². The van der Waals surface area contributed by atoms with Crippen LogP contribution in [0.15, 0.2) is 47.5 Å². The molecule has 0 saturated carbocycles. The van der Waals surface area contributed by atoms with Gasteiger partial charge < -0.3 is 30.1 Å². The first-order valence-corrected chi connectivity index (χ1v) is 9.54. The average Bonchev–Trinajstić information content (AvgIpc) is 2.72. The van der Waals surface area contributed by atoms with Gasteiger partial charge in [0.15, 0.2) is 17.5 Å². The van der Waals surface area contributed by atoms with E-state index >= 15 is 0 Å². The Morgan fingerprint density at radius 1 is 1.07 bits per heavy atom. The first kappa shape index (κ1) is 22.9. The summed E-state index contributed by atoms with van der Waals surface area (Å²) in [4.78, 5) is 9.15. The number of ether oxygens (including phenoxy) is 1. The number of aliphatic imine (C=N–C) groups is 1. The number of hydrogen-bond donors (Lipinski definition) is 3. The quantitative estimate of drug-likeness (QED) is 0.325. The minimum absolute atomic E-state index is 0. The molecule has 1 aliphatic heterocycles. The molecule has 8 heteroatoms. The number of para-hydroxylation sites is 2. The summed E-state index contributed by atoms with van der Waals surface area (Å²) in [5.74, 6) is 1.75. The van der Waals surface area contributed by atoms with Crippen molar-refractivity contribution < 1.29 is 14.9 Å². The molecule has 2 aromatic rings. The fourth-order valence-corrected chi connectivity index (χ4v) is 3.32. The van der Waals surface area contributed by atoms with Gasteiger partial charge in [-0.1, -0.05) is 18.2 Å². The molecule has 3 rings (SSSR count). The van der Waals surface area contributed by atoms with Gasteiger partial charge in [0.2, 0.25) is 0 Å². The Hall–Kier alpha value is -2.36. The number of hydrogen-bond acceptors (Lipinski definition) is 5. The molecule has 2 aromatic carbocycles. The summed E-state index contributed by atoms with van der Waals surface area (Å²) in [6, 6.07) is 12.8. The number of nitrogens with one attached hydrogen (secondary N) is 1. The van der Waals surface area contributed by atoms with E-state index in [4.69, 9.17) is 9.73 Å². The van der Waals surface area contributed by atoms with Crippen LogP contribution in [0.1, 0.15) is 12.5 Å². The molecule has 0 amide bonds. The Morgan fingerprint density at radius 2 is 1.79 bits per heavy atom. The number of rotatable bonds is 5. The highest BCUT2D eigenvalue weighted by Crippen LogP contribution is 2.28. The molecule has 7 nitrogen and oxygen atoms in total. The van der Waals surface area contributed by atoms with Gasteiger partial charge in [-0.15, -0.1) is 24.0 Å². The zero-order valence-electron chi connectivity index (χ0n) is 16.8. The topological polar surface area (TPSA) is 80.6 Å². The van der Waals surface area contributed by atoms with Crippen LogP contribution >= 0.6 is 24.0 Å². The van der Waals surface area contributed by atoms with E-state index in [0.717, 1.165) is 49.9 Å². The maximum absolute atomic E-state index is 10.1. The predicted molar refractivity (Wildman–Crippen MR) is 127 cm³/mol. The molecular weight excluding hydrogens is 483 g/mol. The lowest BCUT2D eigenvalue weighted by Gasteiger charge is -2.37. The van der Waals surface area contributed by atoms with Crippen LogP contribution in [-0.2, 0) is 6.54 Å². The number of benzene rings is 2. The second-order valence-electron chi connectivity index (χ2n) is 6.64. The summed E-state index contributed by atoms with van der Waals surface area (Å²) in [6.45, 7) is 6.55. The number of nitrogens with zero attached hydrogens (tertiary/aromatic N) is 3. The number of piperazine rings is 1. The Morgan fingerprint density at radius 3 is 2.41 bits per heavy atom. The second-order valence-corrected chi connectivity index (χ2v) is 6.64. The van der Waals surface area contributed by atoms with E-state index in [9.17, 15) is 10.2 Å². The minimum Gasteiger partial charge on any atom is -0.506 e. The van der Waals surface area contributed by atoms with Crippen molar-refractivity contribution in [3.05, 3.63) is 48.0 Å². The number of phenols is 2. The maximum Gasteiger partial charge on any atom is 0.194 e. The normalized spacial score (nSPS) is 14.3. The van der Waals surface area contributed by atoms with E-state index in [1.807, 2.05) is 31.2 Å².